The molecule has 39 heavy (non-hydrogen) atoms. The number of ether oxygens (including phenoxy) is 1. The van der Waals surface area contributed by atoms with E-state index in [4.69, 9.17) is 9.84 Å². The predicted octanol–water partition coefficient (Wildman–Crippen LogP) is 6.54. The zero-order chi connectivity index (χ0) is 28.7. The average Bonchev–Trinajstić information content (AvgIpc) is 2.86. The fraction of sp³-hybridized carbons (Fsp3) is 0.586. The minimum absolute atomic E-state index is 0.101. The molecule has 0 bridgehead atoms. The molecule has 0 aliphatic heterocycles. The molecule has 1 aromatic heterocycles. The van der Waals surface area contributed by atoms with Crippen LogP contribution in [0.5, 0.6) is 0 Å². The number of benzene rings is 1. The van der Waals surface area contributed by atoms with Gasteiger partial charge in [0.05, 0.1) is 23.0 Å². The summed E-state index contributed by atoms with van der Waals surface area (Å²) >= 11 is 0. The fourth-order valence-corrected chi connectivity index (χ4v) is 5.25. The number of carbonyl (C=O) groups is 2. The van der Waals surface area contributed by atoms with Gasteiger partial charge >= 0.3 is 11.9 Å². The quantitative estimate of drug-likeness (QED) is 0.155. The van der Waals surface area contributed by atoms with Crippen LogP contribution in [0, 0.1) is 0 Å². The maximum absolute atomic E-state index is 12.7. The molecule has 0 amide bonds. The molecule has 0 aliphatic carbocycles. The first-order valence-corrected chi connectivity index (χ1v) is 15.3. The van der Waals surface area contributed by atoms with Gasteiger partial charge in [0.25, 0.3) is 10.0 Å². The summed E-state index contributed by atoms with van der Waals surface area (Å²) in [4.78, 5) is 30.0. The largest absolute Gasteiger partial charge is 0.475 e. The van der Waals surface area contributed by atoms with Gasteiger partial charge in [0, 0.05) is 6.42 Å². The smallest absolute Gasteiger partial charge is 0.373 e. The van der Waals surface area contributed by atoms with Crippen LogP contribution in [0.25, 0.3) is 0 Å². The zero-order valence-corrected chi connectivity index (χ0v) is 24.3. The molecule has 1 heterocycles. The number of rotatable bonds is 18. The highest BCUT2D eigenvalue weighted by Gasteiger charge is 2.17. The SMILES string of the molecule is CC(C)(C)OC(=O)CCCCCCCCCCCCCc1cccc(S(=O)(=O)Nc2cnc(C(=O)O)nc2)c1. The Labute approximate surface area is 232 Å². The number of aromatic nitrogens is 2. The molecule has 0 aliphatic rings. The highest BCUT2D eigenvalue weighted by atomic mass is 32.2. The van der Waals surface area contributed by atoms with Gasteiger partial charge in [-0.2, -0.15) is 0 Å². The highest BCUT2D eigenvalue weighted by Crippen LogP contribution is 2.19. The summed E-state index contributed by atoms with van der Waals surface area (Å²) in [6, 6.07) is 6.85. The number of carboxylic acid groups (broad SMARTS) is 1. The first-order chi connectivity index (χ1) is 18.5. The summed E-state index contributed by atoms with van der Waals surface area (Å²) in [5, 5.41) is 8.86. The summed E-state index contributed by atoms with van der Waals surface area (Å²) in [5.74, 6) is -1.78. The van der Waals surface area contributed by atoms with Crippen molar-refractivity contribution >= 4 is 27.6 Å². The lowest BCUT2D eigenvalue weighted by Crippen LogP contribution is -2.23. The van der Waals surface area contributed by atoms with E-state index in [1.807, 2.05) is 26.8 Å². The van der Waals surface area contributed by atoms with Crippen LogP contribution in [-0.4, -0.2) is 41.0 Å². The second kappa shape index (κ2) is 16.2. The number of carbonyl (C=O) groups excluding carboxylic acids is 1. The maximum Gasteiger partial charge on any atom is 0.373 e. The van der Waals surface area contributed by atoms with Crippen molar-refractivity contribution in [2.24, 2.45) is 0 Å². The van der Waals surface area contributed by atoms with Crippen molar-refractivity contribution in [1.82, 2.24) is 9.97 Å². The fourth-order valence-electron chi connectivity index (χ4n) is 4.16. The number of nitrogens with one attached hydrogen (secondary N) is 1. The topological polar surface area (TPSA) is 136 Å². The van der Waals surface area contributed by atoms with Crippen molar-refractivity contribution < 1.29 is 27.9 Å². The molecule has 2 N–H and O–H groups in total. The first-order valence-electron chi connectivity index (χ1n) is 13.9. The third-order valence-corrected chi connectivity index (χ3v) is 7.45. The van der Waals surface area contributed by atoms with Crippen molar-refractivity contribution in [1.29, 1.82) is 0 Å². The van der Waals surface area contributed by atoms with E-state index in [9.17, 15) is 18.0 Å². The number of hydrogen-bond donors (Lipinski definition) is 2. The van der Waals surface area contributed by atoms with E-state index in [-0.39, 0.29) is 16.6 Å². The van der Waals surface area contributed by atoms with Crippen LogP contribution in [0.3, 0.4) is 0 Å². The van der Waals surface area contributed by atoms with Crippen LogP contribution in [-0.2, 0) is 26.0 Å². The molecule has 2 rings (SSSR count). The Balaban J connectivity index is 1.56. The lowest BCUT2D eigenvalue weighted by Gasteiger charge is -2.19. The summed E-state index contributed by atoms with van der Waals surface area (Å²) in [6.45, 7) is 5.68. The number of unbranched alkanes of at least 4 members (excludes halogenated alkanes) is 10. The molecule has 0 radical (unpaired) electrons. The predicted molar refractivity (Wildman–Crippen MR) is 151 cm³/mol. The molecule has 0 fully saturated rings. The number of anilines is 1. The average molecular weight is 562 g/mol. The van der Waals surface area contributed by atoms with Crippen molar-refractivity contribution in [2.75, 3.05) is 4.72 Å². The van der Waals surface area contributed by atoms with Crippen molar-refractivity contribution in [3.05, 3.63) is 48.0 Å². The summed E-state index contributed by atoms with van der Waals surface area (Å²) in [7, 11) is -3.83. The second-order valence-corrected chi connectivity index (χ2v) is 12.5. The Bertz CT molecular complexity index is 1140. The van der Waals surface area contributed by atoms with Gasteiger partial charge in [-0.1, -0.05) is 69.9 Å². The molecular formula is C29H43N3O6S. The van der Waals surface area contributed by atoms with Gasteiger partial charge in [0.15, 0.2) is 0 Å². The Hall–Kier alpha value is -3.01. The van der Waals surface area contributed by atoms with E-state index in [1.165, 1.54) is 44.6 Å². The van der Waals surface area contributed by atoms with Gasteiger partial charge in [-0.15, -0.1) is 0 Å². The van der Waals surface area contributed by atoms with E-state index in [0.29, 0.717) is 6.42 Å². The molecule has 0 spiro atoms. The number of hydrogen-bond acceptors (Lipinski definition) is 7. The van der Waals surface area contributed by atoms with E-state index in [2.05, 4.69) is 14.7 Å². The molecule has 216 valence electrons. The summed E-state index contributed by atoms with van der Waals surface area (Å²) < 4.78 is 33.2. The molecule has 0 saturated carbocycles. The van der Waals surface area contributed by atoms with Crippen molar-refractivity contribution in [3.8, 4) is 0 Å². The maximum atomic E-state index is 12.7. The lowest BCUT2D eigenvalue weighted by molar-refractivity contribution is -0.154. The second-order valence-electron chi connectivity index (χ2n) is 10.8. The number of sulfonamides is 1. The van der Waals surface area contributed by atoms with Crippen molar-refractivity contribution in [2.45, 2.75) is 115 Å². The highest BCUT2D eigenvalue weighted by molar-refractivity contribution is 7.92. The Morgan fingerprint density at radius 3 is 1.95 bits per heavy atom. The van der Waals surface area contributed by atoms with Crippen LogP contribution < -0.4 is 4.72 Å². The molecule has 1 aromatic carbocycles. The lowest BCUT2D eigenvalue weighted by atomic mass is 10.0. The van der Waals surface area contributed by atoms with Crippen LogP contribution in [0.2, 0.25) is 0 Å². The number of carboxylic acids is 1. The van der Waals surface area contributed by atoms with Gasteiger partial charge < -0.3 is 9.84 Å². The van der Waals surface area contributed by atoms with E-state index < -0.39 is 27.4 Å². The molecule has 0 saturated heterocycles. The van der Waals surface area contributed by atoms with Crippen LogP contribution in [0.1, 0.15) is 114 Å². The first kappa shape index (κ1) is 32.2. The van der Waals surface area contributed by atoms with Gasteiger partial charge in [-0.25, -0.2) is 23.2 Å². The number of nitrogens with zero attached hydrogens (tertiary/aromatic N) is 2. The third-order valence-electron chi connectivity index (χ3n) is 6.07. The molecule has 9 nitrogen and oxygen atoms in total. The Morgan fingerprint density at radius 2 is 1.41 bits per heavy atom. The number of aromatic carboxylic acids is 1. The van der Waals surface area contributed by atoms with Crippen molar-refractivity contribution in [3.63, 3.8) is 0 Å². The van der Waals surface area contributed by atoms with Crippen LogP contribution in [0.4, 0.5) is 5.69 Å². The van der Waals surface area contributed by atoms with Gasteiger partial charge in [0.1, 0.15) is 5.60 Å². The number of esters is 1. The minimum Gasteiger partial charge on any atom is -0.475 e. The molecule has 0 atom stereocenters. The van der Waals surface area contributed by atoms with E-state index in [1.54, 1.807) is 12.1 Å². The van der Waals surface area contributed by atoms with Crippen LogP contribution in [0.15, 0.2) is 41.6 Å². The standard InChI is InChI=1S/C29H43N3O6S/c1-29(2,3)38-26(33)19-14-12-10-8-6-4-5-7-9-11-13-16-23-17-15-18-25(20-23)39(36,37)32-24-21-30-27(28(34)35)31-22-24/h15,17-18,20-22,32H,4-14,16,19H2,1-3H3,(H,34,35). The van der Waals surface area contributed by atoms with Gasteiger partial charge in [-0.3, -0.25) is 9.52 Å². The third kappa shape index (κ3) is 13.6. The molecule has 0 unspecified atom stereocenters. The Morgan fingerprint density at radius 1 is 0.872 bits per heavy atom. The van der Waals surface area contributed by atoms with E-state index >= 15 is 0 Å². The molecule has 2 aromatic rings. The molecular weight excluding hydrogens is 518 g/mol. The van der Waals surface area contributed by atoms with Gasteiger partial charge in [-0.05, 0) is 57.7 Å². The molecule has 10 heteroatoms. The Kier molecular flexibility index (Phi) is 13.4. The van der Waals surface area contributed by atoms with E-state index in [0.717, 1.165) is 56.5 Å². The zero-order valence-electron chi connectivity index (χ0n) is 23.4. The van der Waals surface area contributed by atoms with Gasteiger partial charge in [0.2, 0.25) is 5.82 Å². The monoisotopic (exact) mass is 561 g/mol. The number of aryl methyl sites for hydroxylation is 1. The minimum atomic E-state index is -3.83. The van der Waals surface area contributed by atoms with Crippen LogP contribution >= 0.6 is 0 Å². The summed E-state index contributed by atoms with van der Waals surface area (Å²) in [6.07, 6.45) is 16.1. The normalized spacial score (nSPS) is 11.8. The summed E-state index contributed by atoms with van der Waals surface area (Å²) in [5.41, 5.74) is 0.660.